The second kappa shape index (κ2) is 7.57. The molecule has 1 saturated heterocycles. The van der Waals surface area contributed by atoms with Gasteiger partial charge in [0.2, 0.25) is 5.91 Å². The van der Waals surface area contributed by atoms with Crippen LogP contribution in [0.25, 0.3) is 0 Å². The molecule has 1 spiro atoms. The van der Waals surface area contributed by atoms with Gasteiger partial charge in [0.1, 0.15) is 5.54 Å². The highest BCUT2D eigenvalue weighted by Crippen LogP contribution is 2.37. The summed E-state index contributed by atoms with van der Waals surface area (Å²) in [5, 5.41) is 4.95. The molecular formula is C19H23F3N4O3. The lowest BCUT2D eigenvalue weighted by Gasteiger charge is -2.20. The fourth-order valence-electron chi connectivity index (χ4n) is 3.78. The third-order valence-electron chi connectivity index (χ3n) is 5.36. The minimum absolute atomic E-state index is 0.185. The van der Waals surface area contributed by atoms with Gasteiger partial charge in [0.15, 0.2) is 0 Å². The number of nitrogens with one attached hydrogen (secondary N) is 2. The lowest BCUT2D eigenvalue weighted by Crippen LogP contribution is -2.44. The fraction of sp³-hybridized carbons (Fsp3) is 0.526. The number of amides is 4. The van der Waals surface area contributed by atoms with Crippen LogP contribution in [0.5, 0.6) is 0 Å². The zero-order valence-electron chi connectivity index (χ0n) is 16.2. The van der Waals surface area contributed by atoms with E-state index in [0.29, 0.717) is 18.5 Å². The summed E-state index contributed by atoms with van der Waals surface area (Å²) >= 11 is 0. The van der Waals surface area contributed by atoms with Crippen molar-refractivity contribution in [3.05, 3.63) is 23.8 Å². The Morgan fingerprint density at radius 3 is 2.48 bits per heavy atom. The minimum atomic E-state index is -4.64. The minimum Gasteiger partial charge on any atom is -0.378 e. The molecule has 0 aromatic heterocycles. The highest BCUT2D eigenvalue weighted by Gasteiger charge is 2.52. The van der Waals surface area contributed by atoms with E-state index in [2.05, 4.69) is 10.6 Å². The number of rotatable bonds is 5. The summed E-state index contributed by atoms with van der Waals surface area (Å²) in [4.78, 5) is 39.4. The van der Waals surface area contributed by atoms with Crippen molar-refractivity contribution in [2.24, 2.45) is 0 Å². The summed E-state index contributed by atoms with van der Waals surface area (Å²) in [6, 6.07) is 3.05. The molecule has 10 heteroatoms. The molecule has 0 bridgehead atoms. The second-order valence-electron chi connectivity index (χ2n) is 7.60. The Bertz CT molecular complexity index is 832. The highest BCUT2D eigenvalue weighted by atomic mass is 19.4. The van der Waals surface area contributed by atoms with Gasteiger partial charge in [0, 0.05) is 32.7 Å². The van der Waals surface area contributed by atoms with Crippen molar-refractivity contribution < 1.29 is 27.6 Å². The SMILES string of the molecule is CN(C)c1ccc(NC(=O)CCN2C(=O)NC3(CCCC3)C2=O)c(C(F)(F)F)c1. The number of alkyl halides is 3. The largest absolute Gasteiger partial charge is 0.418 e. The fourth-order valence-corrected chi connectivity index (χ4v) is 3.78. The number of hydrogen-bond donors (Lipinski definition) is 2. The maximum Gasteiger partial charge on any atom is 0.418 e. The van der Waals surface area contributed by atoms with Crippen LogP contribution in [0.15, 0.2) is 18.2 Å². The van der Waals surface area contributed by atoms with Crippen LogP contribution in [0, 0.1) is 0 Å². The normalized spacial score (nSPS) is 18.3. The molecule has 2 fully saturated rings. The van der Waals surface area contributed by atoms with E-state index in [-0.39, 0.29) is 24.6 Å². The molecule has 7 nitrogen and oxygen atoms in total. The van der Waals surface area contributed by atoms with Gasteiger partial charge in [-0.1, -0.05) is 12.8 Å². The first-order chi connectivity index (χ1) is 13.5. The molecule has 0 atom stereocenters. The van der Waals surface area contributed by atoms with Crippen molar-refractivity contribution in [1.82, 2.24) is 10.2 Å². The molecule has 1 heterocycles. The molecule has 1 aliphatic heterocycles. The average molecular weight is 412 g/mol. The van der Waals surface area contributed by atoms with Gasteiger partial charge in [-0.25, -0.2) is 4.79 Å². The highest BCUT2D eigenvalue weighted by molar-refractivity contribution is 6.07. The van der Waals surface area contributed by atoms with Gasteiger partial charge in [0.05, 0.1) is 11.3 Å². The van der Waals surface area contributed by atoms with Gasteiger partial charge in [0.25, 0.3) is 5.91 Å². The van der Waals surface area contributed by atoms with Crippen LogP contribution in [-0.2, 0) is 15.8 Å². The predicted molar refractivity (Wildman–Crippen MR) is 100 cm³/mol. The number of nitrogens with zero attached hydrogens (tertiary/aromatic N) is 2. The summed E-state index contributed by atoms with van der Waals surface area (Å²) in [6.45, 7) is -0.185. The molecule has 2 N–H and O–H groups in total. The van der Waals surface area contributed by atoms with Crippen molar-refractivity contribution in [2.45, 2.75) is 43.8 Å². The first kappa shape index (κ1) is 20.9. The van der Waals surface area contributed by atoms with Crippen LogP contribution in [-0.4, -0.2) is 48.9 Å². The molecule has 0 radical (unpaired) electrons. The Labute approximate surface area is 166 Å². The van der Waals surface area contributed by atoms with Crippen LogP contribution in [0.2, 0.25) is 0 Å². The predicted octanol–water partition coefficient (Wildman–Crippen LogP) is 2.96. The molecule has 29 heavy (non-hydrogen) atoms. The molecule has 0 unspecified atom stereocenters. The number of anilines is 2. The van der Waals surface area contributed by atoms with Gasteiger partial charge in [-0.05, 0) is 31.0 Å². The standard InChI is InChI=1S/C19H23F3N4O3/c1-25(2)12-5-6-14(13(11-12)19(20,21)22)23-15(27)7-10-26-16(28)18(24-17(26)29)8-3-4-9-18/h5-6,11H,3-4,7-10H2,1-2H3,(H,23,27)(H,24,29). The van der Waals surface area contributed by atoms with Crippen LogP contribution in [0.1, 0.15) is 37.7 Å². The lowest BCUT2D eigenvalue weighted by molar-refractivity contribution is -0.137. The van der Waals surface area contributed by atoms with Crippen LogP contribution in [0.3, 0.4) is 0 Å². The topological polar surface area (TPSA) is 81.8 Å². The van der Waals surface area contributed by atoms with Crippen molar-refractivity contribution in [1.29, 1.82) is 0 Å². The summed E-state index contributed by atoms with van der Waals surface area (Å²) in [5.74, 6) is -1.07. The summed E-state index contributed by atoms with van der Waals surface area (Å²) in [5.41, 5.74) is -1.86. The Kier molecular flexibility index (Phi) is 5.46. The molecule has 4 amide bonds. The molecule has 158 valence electrons. The van der Waals surface area contributed by atoms with E-state index < -0.39 is 29.2 Å². The number of carbonyl (C=O) groups is 3. The molecular weight excluding hydrogens is 389 g/mol. The molecule has 3 rings (SSSR count). The monoisotopic (exact) mass is 412 g/mol. The zero-order chi connectivity index (χ0) is 21.4. The number of benzene rings is 1. The van der Waals surface area contributed by atoms with E-state index in [1.54, 1.807) is 14.1 Å². The zero-order valence-corrected chi connectivity index (χ0v) is 16.2. The van der Waals surface area contributed by atoms with Gasteiger partial charge in [-0.3, -0.25) is 14.5 Å². The van der Waals surface area contributed by atoms with Crippen molar-refractivity contribution in [2.75, 3.05) is 30.9 Å². The van der Waals surface area contributed by atoms with E-state index in [1.165, 1.54) is 17.0 Å². The first-order valence-electron chi connectivity index (χ1n) is 9.36. The van der Waals surface area contributed by atoms with Gasteiger partial charge >= 0.3 is 12.2 Å². The molecule has 1 aliphatic carbocycles. The molecule has 1 aromatic carbocycles. The van der Waals surface area contributed by atoms with Crippen LogP contribution < -0.4 is 15.5 Å². The number of hydrogen-bond acceptors (Lipinski definition) is 4. The number of urea groups is 1. The van der Waals surface area contributed by atoms with Crippen molar-refractivity contribution >= 4 is 29.2 Å². The van der Waals surface area contributed by atoms with Crippen LogP contribution >= 0.6 is 0 Å². The summed E-state index contributed by atoms with van der Waals surface area (Å²) < 4.78 is 40.1. The Hall–Kier alpha value is -2.78. The molecule has 1 aromatic rings. The molecule has 2 aliphatic rings. The van der Waals surface area contributed by atoms with E-state index >= 15 is 0 Å². The maximum absolute atomic E-state index is 13.4. The van der Waals surface area contributed by atoms with E-state index in [9.17, 15) is 27.6 Å². The van der Waals surface area contributed by atoms with E-state index in [0.717, 1.165) is 23.8 Å². The van der Waals surface area contributed by atoms with Gasteiger partial charge in [-0.2, -0.15) is 13.2 Å². The Balaban J connectivity index is 1.67. The maximum atomic E-state index is 13.4. The number of halogens is 3. The number of carbonyl (C=O) groups excluding carboxylic acids is 3. The van der Waals surface area contributed by atoms with Gasteiger partial charge < -0.3 is 15.5 Å². The summed E-state index contributed by atoms with van der Waals surface area (Å²) in [7, 11) is 3.23. The Morgan fingerprint density at radius 1 is 1.24 bits per heavy atom. The third kappa shape index (κ3) is 4.15. The van der Waals surface area contributed by atoms with E-state index in [4.69, 9.17) is 0 Å². The van der Waals surface area contributed by atoms with Crippen molar-refractivity contribution in [3.63, 3.8) is 0 Å². The Morgan fingerprint density at radius 2 is 1.90 bits per heavy atom. The third-order valence-corrected chi connectivity index (χ3v) is 5.36. The molecule has 1 saturated carbocycles. The van der Waals surface area contributed by atoms with Crippen LogP contribution in [0.4, 0.5) is 29.3 Å². The second-order valence-corrected chi connectivity index (χ2v) is 7.60. The van der Waals surface area contributed by atoms with Gasteiger partial charge in [-0.15, -0.1) is 0 Å². The number of imide groups is 1. The quantitative estimate of drug-likeness (QED) is 0.729. The van der Waals surface area contributed by atoms with Crippen molar-refractivity contribution in [3.8, 4) is 0 Å². The lowest BCUT2D eigenvalue weighted by atomic mass is 9.98. The first-order valence-corrected chi connectivity index (χ1v) is 9.36. The summed E-state index contributed by atoms with van der Waals surface area (Å²) in [6.07, 6.45) is -2.13. The van der Waals surface area contributed by atoms with E-state index in [1.807, 2.05) is 0 Å². The smallest absolute Gasteiger partial charge is 0.378 e. The average Bonchev–Trinajstić information content (AvgIpc) is 3.18.